The first-order valence-corrected chi connectivity index (χ1v) is 12.6. The summed E-state index contributed by atoms with van der Waals surface area (Å²) in [6.07, 6.45) is 4.70. The van der Waals surface area contributed by atoms with Crippen molar-refractivity contribution in [3.8, 4) is 11.1 Å². The summed E-state index contributed by atoms with van der Waals surface area (Å²) in [5.74, 6) is 0.445. The molecule has 1 aromatic carbocycles. The number of fused-ring (bicyclic) bond motifs is 1. The molecule has 4 rings (SSSR count). The number of nitrogens with one attached hydrogen (secondary N) is 2. The Hall–Kier alpha value is -2.53. The molecule has 1 aliphatic rings. The van der Waals surface area contributed by atoms with Crippen LogP contribution in [0.4, 0.5) is 5.95 Å². The van der Waals surface area contributed by atoms with Crippen LogP contribution in [-0.4, -0.2) is 53.4 Å². The van der Waals surface area contributed by atoms with E-state index < -0.39 is 10.2 Å². The van der Waals surface area contributed by atoms with E-state index >= 15 is 0 Å². The predicted octanol–water partition coefficient (Wildman–Crippen LogP) is 2.77. The number of aromatic nitrogens is 3. The van der Waals surface area contributed by atoms with E-state index in [4.69, 9.17) is 11.6 Å². The number of pyridine rings is 1. The lowest BCUT2D eigenvalue weighted by Gasteiger charge is -2.30. The van der Waals surface area contributed by atoms with Crippen LogP contribution in [0.1, 0.15) is 25.7 Å². The van der Waals surface area contributed by atoms with Gasteiger partial charge in [-0.25, -0.2) is 4.98 Å². The minimum absolute atomic E-state index is 0.0861. The standard InChI is InChI=1S/C22H27ClN6O3S/c1-28(2)33(31,32)27-16-10-8-15(9-11-16)25-22-24-13-14-12-18(17-6-4-5-7-19(17)23)21(30)29(3)20(14)26-22/h4-7,12-13,15-16,27H,8-11H2,1-3H3,(H,24,25,26). The van der Waals surface area contributed by atoms with Crippen LogP contribution >= 0.6 is 11.6 Å². The maximum atomic E-state index is 13.0. The van der Waals surface area contributed by atoms with Crippen molar-refractivity contribution in [3.63, 3.8) is 0 Å². The second kappa shape index (κ2) is 9.38. The van der Waals surface area contributed by atoms with Gasteiger partial charge in [0.05, 0.1) is 0 Å². The summed E-state index contributed by atoms with van der Waals surface area (Å²) >= 11 is 6.30. The lowest BCUT2D eigenvalue weighted by atomic mass is 9.92. The summed E-state index contributed by atoms with van der Waals surface area (Å²) in [5, 5.41) is 4.58. The Morgan fingerprint density at radius 3 is 2.42 bits per heavy atom. The number of hydrogen-bond donors (Lipinski definition) is 2. The normalized spacial score (nSPS) is 19.2. The molecule has 0 bridgehead atoms. The highest BCUT2D eigenvalue weighted by Gasteiger charge is 2.26. The summed E-state index contributed by atoms with van der Waals surface area (Å²) < 4.78 is 29.5. The van der Waals surface area contributed by atoms with E-state index in [2.05, 4.69) is 20.0 Å². The Kier molecular flexibility index (Phi) is 6.71. The van der Waals surface area contributed by atoms with E-state index in [1.807, 2.05) is 18.2 Å². The van der Waals surface area contributed by atoms with Gasteiger partial charge in [-0.2, -0.15) is 22.4 Å². The summed E-state index contributed by atoms with van der Waals surface area (Å²) in [5.41, 5.74) is 1.51. The smallest absolute Gasteiger partial charge is 0.279 e. The Morgan fingerprint density at radius 2 is 1.76 bits per heavy atom. The van der Waals surface area contributed by atoms with Crippen molar-refractivity contribution in [2.24, 2.45) is 7.05 Å². The van der Waals surface area contributed by atoms with Gasteiger partial charge in [0.2, 0.25) is 5.95 Å². The third-order valence-electron chi connectivity index (χ3n) is 5.97. The fraction of sp³-hybridized carbons (Fsp3) is 0.409. The van der Waals surface area contributed by atoms with Crippen molar-refractivity contribution in [1.29, 1.82) is 0 Å². The number of hydrogen-bond acceptors (Lipinski definition) is 6. The third kappa shape index (κ3) is 5.03. The molecule has 11 heteroatoms. The molecule has 0 atom stereocenters. The monoisotopic (exact) mass is 490 g/mol. The number of aryl methyl sites for hydroxylation is 1. The third-order valence-corrected chi connectivity index (χ3v) is 7.89. The molecular weight excluding hydrogens is 464 g/mol. The lowest BCUT2D eigenvalue weighted by Crippen LogP contribution is -2.44. The molecule has 1 saturated carbocycles. The van der Waals surface area contributed by atoms with Crippen LogP contribution in [0.2, 0.25) is 5.02 Å². The predicted molar refractivity (Wildman–Crippen MR) is 131 cm³/mol. The van der Waals surface area contributed by atoms with Crippen LogP contribution in [0, 0.1) is 0 Å². The number of halogens is 1. The molecular formula is C22H27ClN6O3S. The highest BCUT2D eigenvalue weighted by atomic mass is 35.5. The fourth-order valence-corrected chi connectivity index (χ4v) is 5.15. The van der Waals surface area contributed by atoms with Gasteiger partial charge in [-0.05, 0) is 37.8 Å². The highest BCUT2D eigenvalue weighted by molar-refractivity contribution is 7.87. The van der Waals surface area contributed by atoms with Crippen LogP contribution in [0.5, 0.6) is 0 Å². The van der Waals surface area contributed by atoms with E-state index in [0.29, 0.717) is 27.7 Å². The molecule has 2 N–H and O–H groups in total. The Labute approximate surface area is 198 Å². The van der Waals surface area contributed by atoms with Crippen molar-refractivity contribution in [3.05, 3.63) is 51.9 Å². The second-order valence-corrected chi connectivity index (χ2v) is 10.8. The van der Waals surface area contributed by atoms with Gasteiger partial charge in [-0.3, -0.25) is 9.36 Å². The highest BCUT2D eigenvalue weighted by Crippen LogP contribution is 2.27. The van der Waals surface area contributed by atoms with Crippen molar-refractivity contribution < 1.29 is 8.42 Å². The summed E-state index contributed by atoms with van der Waals surface area (Å²) in [7, 11) is 1.27. The minimum Gasteiger partial charge on any atom is -0.351 e. The first-order chi connectivity index (χ1) is 15.7. The molecule has 2 heterocycles. The molecule has 3 aromatic rings. The molecule has 1 fully saturated rings. The van der Waals surface area contributed by atoms with Crippen LogP contribution < -0.4 is 15.6 Å². The molecule has 1 aliphatic carbocycles. The molecule has 0 saturated heterocycles. The average Bonchev–Trinajstić information content (AvgIpc) is 2.78. The van der Waals surface area contributed by atoms with Crippen molar-refractivity contribution in [2.45, 2.75) is 37.8 Å². The zero-order chi connectivity index (χ0) is 23.8. The molecule has 0 amide bonds. The molecule has 0 radical (unpaired) electrons. The topological polar surface area (TPSA) is 109 Å². The zero-order valence-corrected chi connectivity index (χ0v) is 20.3. The van der Waals surface area contributed by atoms with Gasteiger partial charge >= 0.3 is 0 Å². The van der Waals surface area contributed by atoms with Crippen molar-refractivity contribution >= 4 is 38.8 Å². The maximum absolute atomic E-state index is 13.0. The van der Waals surface area contributed by atoms with E-state index in [1.165, 1.54) is 23.0 Å². The van der Waals surface area contributed by atoms with E-state index in [-0.39, 0.29) is 17.6 Å². The summed E-state index contributed by atoms with van der Waals surface area (Å²) in [4.78, 5) is 22.0. The Balaban J connectivity index is 1.51. The van der Waals surface area contributed by atoms with Gasteiger partial charge in [0, 0.05) is 61.0 Å². The summed E-state index contributed by atoms with van der Waals surface area (Å²) in [6.45, 7) is 0. The molecule has 33 heavy (non-hydrogen) atoms. The average molecular weight is 491 g/mol. The largest absolute Gasteiger partial charge is 0.351 e. The number of anilines is 1. The van der Waals surface area contributed by atoms with E-state index in [0.717, 1.165) is 31.1 Å². The van der Waals surface area contributed by atoms with E-state index in [1.54, 1.807) is 25.4 Å². The van der Waals surface area contributed by atoms with Gasteiger partial charge in [-0.1, -0.05) is 29.8 Å². The number of rotatable bonds is 6. The van der Waals surface area contributed by atoms with Gasteiger partial charge < -0.3 is 5.32 Å². The van der Waals surface area contributed by atoms with Gasteiger partial charge in [0.1, 0.15) is 5.65 Å². The van der Waals surface area contributed by atoms with Crippen molar-refractivity contribution in [2.75, 3.05) is 19.4 Å². The Morgan fingerprint density at radius 1 is 1.09 bits per heavy atom. The van der Waals surface area contributed by atoms with E-state index in [9.17, 15) is 13.2 Å². The maximum Gasteiger partial charge on any atom is 0.279 e. The number of nitrogens with zero attached hydrogens (tertiary/aromatic N) is 4. The van der Waals surface area contributed by atoms with Crippen LogP contribution in [-0.2, 0) is 17.3 Å². The van der Waals surface area contributed by atoms with Crippen molar-refractivity contribution in [1.82, 2.24) is 23.6 Å². The fourth-order valence-electron chi connectivity index (χ4n) is 4.04. The SMILES string of the molecule is CN(C)S(=O)(=O)NC1CCC(Nc2ncc3cc(-c4ccccc4Cl)c(=O)n(C)c3n2)CC1. The molecule has 2 aromatic heterocycles. The molecule has 176 valence electrons. The van der Waals surface area contributed by atoms with Crippen LogP contribution in [0.15, 0.2) is 41.3 Å². The van der Waals surface area contributed by atoms with Gasteiger partial charge in [-0.15, -0.1) is 0 Å². The van der Waals surface area contributed by atoms with Gasteiger partial charge in [0.15, 0.2) is 0 Å². The quantitative estimate of drug-likeness (QED) is 0.550. The second-order valence-electron chi connectivity index (χ2n) is 8.47. The molecule has 9 nitrogen and oxygen atoms in total. The first-order valence-electron chi connectivity index (χ1n) is 10.7. The van der Waals surface area contributed by atoms with Crippen LogP contribution in [0.3, 0.4) is 0 Å². The van der Waals surface area contributed by atoms with Gasteiger partial charge in [0.25, 0.3) is 15.8 Å². The lowest BCUT2D eigenvalue weighted by molar-refractivity contribution is 0.378. The first kappa shape index (κ1) is 23.6. The molecule has 0 unspecified atom stereocenters. The number of benzene rings is 1. The minimum atomic E-state index is -3.44. The summed E-state index contributed by atoms with van der Waals surface area (Å²) in [6, 6.07) is 9.04. The van der Waals surface area contributed by atoms with Crippen LogP contribution in [0.25, 0.3) is 22.2 Å². The molecule has 0 spiro atoms. The molecule has 0 aliphatic heterocycles. The Bertz CT molecular complexity index is 1330. The zero-order valence-electron chi connectivity index (χ0n) is 18.7.